The van der Waals surface area contributed by atoms with Crippen molar-refractivity contribution < 1.29 is 14.3 Å². The summed E-state index contributed by atoms with van der Waals surface area (Å²) >= 11 is 2.27. The smallest absolute Gasteiger partial charge is 0.357 e. The molecule has 0 fully saturated rings. The summed E-state index contributed by atoms with van der Waals surface area (Å²) in [5, 5.41) is 3.20. The quantitative estimate of drug-likeness (QED) is 0.233. The van der Waals surface area contributed by atoms with Crippen molar-refractivity contribution in [1.29, 1.82) is 0 Å². The van der Waals surface area contributed by atoms with Crippen LogP contribution in [0.3, 0.4) is 0 Å². The number of esters is 1. The number of anilines is 2. The molecule has 1 N–H and O–H groups in total. The number of hydrogen-bond acceptors (Lipinski definition) is 7. The molecular formula is C25H24IN5O3. The molecule has 0 aliphatic carbocycles. The Morgan fingerprint density at radius 3 is 2.59 bits per heavy atom. The van der Waals surface area contributed by atoms with Crippen LogP contribution in [0.15, 0.2) is 61.1 Å². The van der Waals surface area contributed by atoms with E-state index >= 15 is 0 Å². The van der Waals surface area contributed by atoms with E-state index in [4.69, 9.17) is 9.47 Å². The lowest BCUT2D eigenvalue weighted by Gasteiger charge is -2.13. The van der Waals surface area contributed by atoms with Crippen molar-refractivity contribution in [3.63, 3.8) is 0 Å². The minimum Gasteiger partial charge on any atom is -0.494 e. The number of carbonyl (C=O) groups excluding carboxylic acids is 1. The number of imidazole rings is 1. The van der Waals surface area contributed by atoms with Crippen LogP contribution in [0.1, 0.15) is 34.4 Å². The minimum atomic E-state index is -0.486. The van der Waals surface area contributed by atoms with E-state index in [-0.39, 0.29) is 12.3 Å². The predicted molar refractivity (Wildman–Crippen MR) is 138 cm³/mol. The molecule has 4 rings (SSSR count). The van der Waals surface area contributed by atoms with E-state index in [1.165, 1.54) is 0 Å². The molecule has 2 aromatic heterocycles. The summed E-state index contributed by atoms with van der Waals surface area (Å²) in [6, 6.07) is 15.5. The van der Waals surface area contributed by atoms with Gasteiger partial charge in [0.05, 0.1) is 37.1 Å². The third-order valence-corrected chi connectivity index (χ3v) is 5.71. The van der Waals surface area contributed by atoms with Gasteiger partial charge in [0.15, 0.2) is 5.69 Å². The van der Waals surface area contributed by atoms with Crippen LogP contribution in [0, 0.1) is 10.5 Å². The fraction of sp³-hybridized carbons (Fsp3) is 0.200. The van der Waals surface area contributed by atoms with Gasteiger partial charge in [-0.15, -0.1) is 0 Å². The molecular weight excluding hydrogens is 545 g/mol. The second-order valence-electron chi connectivity index (χ2n) is 7.53. The van der Waals surface area contributed by atoms with Crippen LogP contribution in [-0.4, -0.2) is 39.2 Å². The van der Waals surface area contributed by atoms with Gasteiger partial charge >= 0.3 is 5.97 Å². The summed E-state index contributed by atoms with van der Waals surface area (Å²) in [4.78, 5) is 25.7. The van der Waals surface area contributed by atoms with Gasteiger partial charge in [0, 0.05) is 27.9 Å². The molecule has 0 bridgehead atoms. The lowest BCUT2D eigenvalue weighted by molar-refractivity contribution is 0.0519. The molecule has 0 saturated heterocycles. The monoisotopic (exact) mass is 569 g/mol. The fourth-order valence-electron chi connectivity index (χ4n) is 3.42. The molecule has 174 valence electrons. The molecule has 0 radical (unpaired) electrons. The first-order valence-electron chi connectivity index (χ1n) is 10.7. The largest absolute Gasteiger partial charge is 0.494 e. The van der Waals surface area contributed by atoms with Crippen LogP contribution in [0.4, 0.5) is 11.6 Å². The van der Waals surface area contributed by atoms with Crippen LogP contribution in [-0.2, 0) is 11.2 Å². The summed E-state index contributed by atoms with van der Waals surface area (Å²) in [5.74, 6) is 0.475. The standard InChI is InChI=1S/C25H24IN5O3/c1-4-34-24(32)21-12-20(11-17-5-7-18(26)8-6-17)29-25(30-21)28-19-9-10-22(23(13-19)33-3)31-14-16(2)27-15-31/h5-10,12-15H,4,11H2,1-3H3,(H,28,29,30). The van der Waals surface area contributed by atoms with Gasteiger partial charge in [-0.3, -0.25) is 0 Å². The van der Waals surface area contributed by atoms with Gasteiger partial charge in [0.2, 0.25) is 5.95 Å². The second kappa shape index (κ2) is 10.6. The molecule has 0 aliphatic rings. The van der Waals surface area contributed by atoms with E-state index in [2.05, 4.69) is 42.9 Å². The number of benzene rings is 2. The Hall–Kier alpha value is -3.47. The fourth-order valence-corrected chi connectivity index (χ4v) is 3.78. The van der Waals surface area contributed by atoms with E-state index < -0.39 is 5.97 Å². The zero-order chi connectivity index (χ0) is 24.1. The van der Waals surface area contributed by atoms with Crippen molar-refractivity contribution in [2.24, 2.45) is 0 Å². The molecule has 2 aromatic carbocycles. The molecule has 0 saturated carbocycles. The SMILES string of the molecule is CCOC(=O)c1cc(Cc2ccc(I)cc2)nc(Nc2ccc(-n3cnc(C)c3)c(OC)c2)n1. The van der Waals surface area contributed by atoms with Gasteiger partial charge in [-0.2, -0.15) is 0 Å². The molecule has 0 spiro atoms. The maximum absolute atomic E-state index is 12.4. The predicted octanol–water partition coefficient (Wildman–Crippen LogP) is 5.10. The first-order chi connectivity index (χ1) is 16.4. The van der Waals surface area contributed by atoms with Crippen molar-refractivity contribution >= 4 is 40.2 Å². The Bertz CT molecular complexity index is 1300. The van der Waals surface area contributed by atoms with Gasteiger partial charge in [-0.05, 0) is 72.3 Å². The molecule has 34 heavy (non-hydrogen) atoms. The number of nitrogens with zero attached hydrogens (tertiary/aromatic N) is 4. The number of rotatable bonds is 8. The molecule has 2 heterocycles. The number of nitrogens with one attached hydrogen (secondary N) is 1. The maximum atomic E-state index is 12.4. The van der Waals surface area contributed by atoms with Crippen molar-refractivity contribution in [2.45, 2.75) is 20.3 Å². The Morgan fingerprint density at radius 2 is 1.91 bits per heavy atom. The third kappa shape index (κ3) is 5.71. The maximum Gasteiger partial charge on any atom is 0.357 e. The highest BCUT2D eigenvalue weighted by atomic mass is 127. The first kappa shape index (κ1) is 23.7. The average molecular weight is 569 g/mol. The summed E-state index contributed by atoms with van der Waals surface area (Å²) in [7, 11) is 1.61. The molecule has 9 heteroatoms. The number of carbonyl (C=O) groups is 1. The van der Waals surface area contributed by atoms with E-state index in [0.717, 1.165) is 26.2 Å². The van der Waals surface area contributed by atoms with Gasteiger partial charge in [0.25, 0.3) is 0 Å². The molecule has 8 nitrogen and oxygen atoms in total. The highest BCUT2D eigenvalue weighted by molar-refractivity contribution is 14.1. The van der Waals surface area contributed by atoms with Crippen molar-refractivity contribution in [1.82, 2.24) is 19.5 Å². The van der Waals surface area contributed by atoms with Crippen LogP contribution in [0.5, 0.6) is 5.75 Å². The van der Waals surface area contributed by atoms with Crippen molar-refractivity contribution in [2.75, 3.05) is 19.0 Å². The van der Waals surface area contributed by atoms with E-state index in [0.29, 0.717) is 23.8 Å². The second-order valence-corrected chi connectivity index (χ2v) is 8.77. The van der Waals surface area contributed by atoms with E-state index in [1.54, 1.807) is 26.4 Å². The zero-order valence-electron chi connectivity index (χ0n) is 19.1. The number of methoxy groups -OCH3 is 1. The number of ether oxygens (including phenoxy) is 2. The van der Waals surface area contributed by atoms with Crippen LogP contribution in [0.25, 0.3) is 5.69 Å². The average Bonchev–Trinajstić information content (AvgIpc) is 3.26. The van der Waals surface area contributed by atoms with Crippen molar-refractivity contribution in [3.05, 3.63) is 87.3 Å². The van der Waals surface area contributed by atoms with E-state index in [1.807, 2.05) is 60.2 Å². The normalized spacial score (nSPS) is 10.7. The number of halogens is 1. The number of aryl methyl sites for hydroxylation is 1. The Kier molecular flexibility index (Phi) is 7.41. The highest BCUT2D eigenvalue weighted by Crippen LogP contribution is 2.28. The Morgan fingerprint density at radius 1 is 1.12 bits per heavy atom. The Labute approximate surface area is 211 Å². The van der Waals surface area contributed by atoms with Gasteiger partial charge in [-0.25, -0.2) is 19.7 Å². The summed E-state index contributed by atoms with van der Waals surface area (Å²) in [6.07, 6.45) is 4.22. The highest BCUT2D eigenvalue weighted by Gasteiger charge is 2.15. The van der Waals surface area contributed by atoms with Crippen LogP contribution >= 0.6 is 22.6 Å². The topological polar surface area (TPSA) is 91.2 Å². The summed E-state index contributed by atoms with van der Waals surface area (Å²) < 4.78 is 13.8. The minimum absolute atomic E-state index is 0.206. The zero-order valence-corrected chi connectivity index (χ0v) is 21.2. The van der Waals surface area contributed by atoms with Gasteiger partial charge in [-0.1, -0.05) is 12.1 Å². The van der Waals surface area contributed by atoms with Crippen LogP contribution in [0.2, 0.25) is 0 Å². The lowest BCUT2D eigenvalue weighted by Crippen LogP contribution is -2.11. The summed E-state index contributed by atoms with van der Waals surface area (Å²) in [5.41, 5.74) is 4.49. The number of aromatic nitrogens is 4. The number of hydrogen-bond donors (Lipinski definition) is 1. The third-order valence-electron chi connectivity index (χ3n) is 4.99. The van der Waals surface area contributed by atoms with E-state index in [9.17, 15) is 4.79 Å². The first-order valence-corrected chi connectivity index (χ1v) is 11.8. The van der Waals surface area contributed by atoms with Crippen molar-refractivity contribution in [3.8, 4) is 11.4 Å². The van der Waals surface area contributed by atoms with Gasteiger partial charge < -0.3 is 19.4 Å². The molecule has 0 unspecified atom stereocenters. The van der Waals surface area contributed by atoms with Crippen LogP contribution < -0.4 is 10.1 Å². The molecule has 0 aliphatic heterocycles. The molecule has 0 amide bonds. The Balaban J connectivity index is 1.65. The van der Waals surface area contributed by atoms with Gasteiger partial charge in [0.1, 0.15) is 5.75 Å². The summed E-state index contributed by atoms with van der Waals surface area (Å²) in [6.45, 7) is 3.96. The molecule has 4 aromatic rings. The molecule has 0 atom stereocenters. The lowest BCUT2D eigenvalue weighted by atomic mass is 10.1.